The fourth-order valence-corrected chi connectivity index (χ4v) is 2.31. The molecule has 3 N–H and O–H groups in total. The highest BCUT2D eigenvalue weighted by Gasteiger charge is 2.11. The number of aromatic nitrogens is 1. The number of anilines is 3. The summed E-state index contributed by atoms with van der Waals surface area (Å²) in [5.41, 5.74) is 9.15. The molecular formula is C17H14N4O. The Balaban J connectivity index is 2.20. The minimum Gasteiger partial charge on any atom is -0.495 e. The van der Waals surface area contributed by atoms with E-state index in [4.69, 9.17) is 10.5 Å². The van der Waals surface area contributed by atoms with Crippen LogP contribution in [0, 0.1) is 11.3 Å². The van der Waals surface area contributed by atoms with Crippen LogP contribution < -0.4 is 15.8 Å². The molecule has 0 radical (unpaired) electrons. The molecular weight excluding hydrogens is 276 g/mol. The number of nitrogens with zero attached hydrogens (tertiary/aromatic N) is 2. The molecule has 0 unspecified atom stereocenters. The SMILES string of the molecule is COc1ccccc1Nc1c(C#N)cnc2ccc(N)cc12. The first kappa shape index (κ1) is 13.7. The fraction of sp³-hybridized carbons (Fsp3) is 0.0588. The molecule has 0 spiro atoms. The predicted molar refractivity (Wildman–Crippen MR) is 87.1 cm³/mol. The van der Waals surface area contributed by atoms with E-state index in [0.29, 0.717) is 22.7 Å². The zero-order chi connectivity index (χ0) is 15.5. The first-order valence-electron chi connectivity index (χ1n) is 6.71. The Morgan fingerprint density at radius 3 is 2.82 bits per heavy atom. The quantitative estimate of drug-likeness (QED) is 0.722. The van der Waals surface area contributed by atoms with Crippen molar-refractivity contribution in [1.29, 1.82) is 5.26 Å². The summed E-state index contributed by atoms with van der Waals surface area (Å²) in [6.45, 7) is 0. The van der Waals surface area contributed by atoms with Crippen LogP contribution in [-0.4, -0.2) is 12.1 Å². The summed E-state index contributed by atoms with van der Waals surface area (Å²) in [6.07, 6.45) is 1.55. The molecule has 0 saturated carbocycles. The van der Waals surface area contributed by atoms with Gasteiger partial charge in [-0.3, -0.25) is 4.98 Å². The lowest BCUT2D eigenvalue weighted by molar-refractivity contribution is 0.417. The molecule has 2 aromatic carbocycles. The van der Waals surface area contributed by atoms with Gasteiger partial charge >= 0.3 is 0 Å². The first-order chi connectivity index (χ1) is 10.7. The summed E-state index contributed by atoms with van der Waals surface area (Å²) >= 11 is 0. The third-order valence-corrected chi connectivity index (χ3v) is 3.38. The van der Waals surface area contributed by atoms with Gasteiger partial charge in [0.15, 0.2) is 0 Å². The number of nitrogen functional groups attached to an aromatic ring is 1. The van der Waals surface area contributed by atoms with Crippen LogP contribution in [0.15, 0.2) is 48.7 Å². The summed E-state index contributed by atoms with van der Waals surface area (Å²) in [7, 11) is 1.61. The Bertz CT molecular complexity index is 883. The highest BCUT2D eigenvalue weighted by atomic mass is 16.5. The zero-order valence-electron chi connectivity index (χ0n) is 12.0. The Hall–Kier alpha value is -3.26. The maximum absolute atomic E-state index is 9.36. The second kappa shape index (κ2) is 5.62. The largest absolute Gasteiger partial charge is 0.495 e. The van der Waals surface area contributed by atoms with E-state index in [0.717, 1.165) is 16.6 Å². The Morgan fingerprint density at radius 2 is 2.05 bits per heavy atom. The second-order valence-corrected chi connectivity index (χ2v) is 4.76. The summed E-state index contributed by atoms with van der Waals surface area (Å²) in [6, 6.07) is 15.1. The van der Waals surface area contributed by atoms with Gasteiger partial charge in [-0.2, -0.15) is 5.26 Å². The smallest absolute Gasteiger partial charge is 0.142 e. The van der Waals surface area contributed by atoms with Crippen LogP contribution in [0.3, 0.4) is 0 Å². The van der Waals surface area contributed by atoms with Crippen molar-refractivity contribution in [3.8, 4) is 11.8 Å². The average Bonchev–Trinajstić information content (AvgIpc) is 2.55. The number of ether oxygens (including phenoxy) is 1. The maximum atomic E-state index is 9.36. The van der Waals surface area contributed by atoms with Gasteiger partial charge in [-0.15, -0.1) is 0 Å². The number of hydrogen-bond acceptors (Lipinski definition) is 5. The molecule has 22 heavy (non-hydrogen) atoms. The molecule has 0 aliphatic heterocycles. The van der Waals surface area contributed by atoms with Crippen LogP contribution in [-0.2, 0) is 0 Å². The molecule has 1 heterocycles. The molecule has 0 fully saturated rings. The number of para-hydroxylation sites is 2. The van der Waals surface area contributed by atoms with Crippen LogP contribution in [0.4, 0.5) is 17.1 Å². The van der Waals surface area contributed by atoms with Gasteiger partial charge in [-0.1, -0.05) is 12.1 Å². The number of nitrogens with two attached hydrogens (primary N) is 1. The lowest BCUT2D eigenvalue weighted by Crippen LogP contribution is -1.99. The number of nitrogens with one attached hydrogen (secondary N) is 1. The topological polar surface area (TPSA) is 84.0 Å². The Labute approximate surface area is 128 Å². The van der Waals surface area contributed by atoms with Crippen molar-refractivity contribution >= 4 is 28.0 Å². The van der Waals surface area contributed by atoms with Gasteiger partial charge in [0.25, 0.3) is 0 Å². The number of pyridine rings is 1. The second-order valence-electron chi connectivity index (χ2n) is 4.76. The summed E-state index contributed by atoms with van der Waals surface area (Å²) in [5.74, 6) is 0.695. The van der Waals surface area contributed by atoms with Gasteiger partial charge in [-0.25, -0.2) is 0 Å². The van der Waals surface area contributed by atoms with E-state index >= 15 is 0 Å². The summed E-state index contributed by atoms with van der Waals surface area (Å²) < 4.78 is 5.34. The summed E-state index contributed by atoms with van der Waals surface area (Å²) in [5, 5.41) is 13.4. The molecule has 0 bridgehead atoms. The Kier molecular flexibility index (Phi) is 3.50. The van der Waals surface area contributed by atoms with Crippen molar-refractivity contribution in [2.24, 2.45) is 0 Å². The van der Waals surface area contributed by atoms with Gasteiger partial charge in [0, 0.05) is 17.3 Å². The van der Waals surface area contributed by atoms with Gasteiger partial charge in [0.1, 0.15) is 11.8 Å². The van der Waals surface area contributed by atoms with Gasteiger partial charge in [0.05, 0.1) is 29.6 Å². The number of methoxy groups -OCH3 is 1. The molecule has 0 saturated heterocycles. The zero-order valence-corrected chi connectivity index (χ0v) is 12.0. The van der Waals surface area contributed by atoms with Crippen molar-refractivity contribution in [2.45, 2.75) is 0 Å². The average molecular weight is 290 g/mol. The van der Waals surface area contributed by atoms with Crippen LogP contribution >= 0.6 is 0 Å². The van der Waals surface area contributed by atoms with Crippen molar-refractivity contribution in [3.63, 3.8) is 0 Å². The van der Waals surface area contributed by atoms with Crippen molar-refractivity contribution in [1.82, 2.24) is 4.98 Å². The van der Waals surface area contributed by atoms with Gasteiger partial charge < -0.3 is 15.8 Å². The van der Waals surface area contributed by atoms with Crippen LogP contribution in [0.2, 0.25) is 0 Å². The molecule has 0 aliphatic carbocycles. The molecule has 5 nitrogen and oxygen atoms in total. The number of rotatable bonds is 3. The normalized spacial score (nSPS) is 10.2. The standard InChI is InChI=1S/C17H14N4O/c1-22-16-5-3-2-4-15(16)21-17-11(9-18)10-20-14-7-6-12(19)8-13(14)17/h2-8,10H,19H2,1H3,(H,20,21). The molecule has 5 heteroatoms. The van der Waals surface area contributed by atoms with Crippen LogP contribution in [0.25, 0.3) is 10.9 Å². The highest BCUT2D eigenvalue weighted by molar-refractivity contribution is 5.97. The lowest BCUT2D eigenvalue weighted by atomic mass is 10.1. The molecule has 108 valence electrons. The fourth-order valence-electron chi connectivity index (χ4n) is 2.31. The third kappa shape index (κ3) is 2.38. The minimum atomic E-state index is 0.448. The highest BCUT2D eigenvalue weighted by Crippen LogP contribution is 2.33. The van der Waals surface area contributed by atoms with E-state index in [1.54, 1.807) is 25.4 Å². The van der Waals surface area contributed by atoms with Crippen LogP contribution in [0.5, 0.6) is 5.75 Å². The predicted octanol–water partition coefficient (Wildman–Crippen LogP) is 3.44. The monoisotopic (exact) mass is 290 g/mol. The Morgan fingerprint density at radius 1 is 1.23 bits per heavy atom. The molecule has 1 aromatic heterocycles. The van der Waals surface area contributed by atoms with E-state index in [1.165, 1.54) is 0 Å². The van der Waals surface area contributed by atoms with E-state index in [1.807, 2.05) is 30.3 Å². The molecule has 0 aliphatic rings. The number of benzene rings is 2. The lowest BCUT2D eigenvalue weighted by Gasteiger charge is -2.14. The summed E-state index contributed by atoms with van der Waals surface area (Å²) in [4.78, 5) is 4.29. The van der Waals surface area contributed by atoms with E-state index < -0.39 is 0 Å². The van der Waals surface area contributed by atoms with Crippen molar-refractivity contribution in [3.05, 3.63) is 54.2 Å². The molecule has 0 amide bonds. The van der Waals surface area contributed by atoms with E-state index in [2.05, 4.69) is 16.4 Å². The number of nitriles is 1. The van der Waals surface area contributed by atoms with E-state index in [9.17, 15) is 5.26 Å². The maximum Gasteiger partial charge on any atom is 0.142 e. The van der Waals surface area contributed by atoms with Crippen molar-refractivity contribution in [2.75, 3.05) is 18.2 Å². The number of hydrogen-bond donors (Lipinski definition) is 2. The minimum absolute atomic E-state index is 0.448. The van der Waals surface area contributed by atoms with Gasteiger partial charge in [-0.05, 0) is 30.3 Å². The first-order valence-corrected chi connectivity index (χ1v) is 6.71. The third-order valence-electron chi connectivity index (χ3n) is 3.38. The number of fused-ring (bicyclic) bond motifs is 1. The molecule has 3 aromatic rings. The van der Waals surface area contributed by atoms with Crippen LogP contribution in [0.1, 0.15) is 5.56 Å². The molecule has 0 atom stereocenters. The van der Waals surface area contributed by atoms with Gasteiger partial charge in [0.2, 0.25) is 0 Å². The van der Waals surface area contributed by atoms with E-state index in [-0.39, 0.29) is 0 Å². The van der Waals surface area contributed by atoms with Crippen molar-refractivity contribution < 1.29 is 4.74 Å². The molecule has 3 rings (SSSR count).